The van der Waals surface area contributed by atoms with Gasteiger partial charge in [0.05, 0.1) is 17.6 Å². The zero-order valence-corrected chi connectivity index (χ0v) is 17.5. The predicted molar refractivity (Wildman–Crippen MR) is 115 cm³/mol. The van der Waals surface area contributed by atoms with Crippen LogP contribution >= 0.6 is 0 Å². The van der Waals surface area contributed by atoms with Gasteiger partial charge in [-0.25, -0.2) is 9.07 Å². The first-order chi connectivity index (χ1) is 14.6. The highest BCUT2D eigenvalue weighted by Crippen LogP contribution is 2.20. The van der Waals surface area contributed by atoms with Gasteiger partial charge in [0.2, 0.25) is 0 Å². The van der Waals surface area contributed by atoms with E-state index in [0.717, 1.165) is 56.2 Å². The molecular weight excluding hydrogens is 381 g/mol. The fourth-order valence-corrected chi connectivity index (χ4v) is 3.97. The van der Waals surface area contributed by atoms with Crippen LogP contribution in [0.25, 0.3) is 5.69 Å². The number of benzene rings is 1. The maximum atomic E-state index is 13.1. The lowest BCUT2D eigenvalue weighted by Crippen LogP contribution is -2.41. The van der Waals surface area contributed by atoms with Gasteiger partial charge in [-0.05, 0) is 54.7 Å². The number of nitrogens with one attached hydrogen (secondary N) is 1. The molecule has 3 aromatic rings. The first-order valence-corrected chi connectivity index (χ1v) is 10.3. The van der Waals surface area contributed by atoms with Crippen molar-refractivity contribution in [1.29, 1.82) is 0 Å². The molecule has 0 radical (unpaired) electrons. The van der Waals surface area contributed by atoms with Crippen LogP contribution in [0.15, 0.2) is 53.9 Å². The Morgan fingerprint density at radius 1 is 1.27 bits per heavy atom. The Morgan fingerprint density at radius 2 is 2.10 bits per heavy atom. The fraction of sp³-hybridized carbons (Fsp3) is 0.409. The minimum atomic E-state index is -0.244. The summed E-state index contributed by atoms with van der Waals surface area (Å²) in [5.74, 6) is 1.33. The second kappa shape index (κ2) is 9.11. The van der Waals surface area contributed by atoms with Crippen LogP contribution in [0.1, 0.15) is 17.7 Å². The van der Waals surface area contributed by atoms with Crippen molar-refractivity contribution in [2.24, 2.45) is 18.0 Å². The summed E-state index contributed by atoms with van der Waals surface area (Å²) in [5, 5.41) is 12.3. The van der Waals surface area contributed by atoms with Crippen LogP contribution in [-0.4, -0.2) is 57.1 Å². The van der Waals surface area contributed by atoms with Gasteiger partial charge >= 0.3 is 0 Å². The summed E-state index contributed by atoms with van der Waals surface area (Å²) in [7, 11) is 3.79. The zero-order chi connectivity index (χ0) is 20.9. The number of halogens is 1. The number of guanidine groups is 1. The van der Waals surface area contributed by atoms with E-state index in [-0.39, 0.29) is 5.82 Å². The number of hydrogen-bond acceptors (Lipinski definition) is 3. The highest BCUT2D eigenvalue weighted by molar-refractivity contribution is 5.80. The Labute approximate surface area is 176 Å². The first-order valence-electron chi connectivity index (χ1n) is 10.3. The van der Waals surface area contributed by atoms with Crippen LogP contribution in [0.5, 0.6) is 0 Å². The van der Waals surface area contributed by atoms with E-state index < -0.39 is 0 Å². The Hall–Kier alpha value is -3.16. The monoisotopic (exact) mass is 409 g/mol. The van der Waals surface area contributed by atoms with Crippen molar-refractivity contribution < 1.29 is 4.39 Å². The van der Waals surface area contributed by atoms with Gasteiger partial charge < -0.3 is 10.2 Å². The predicted octanol–water partition coefficient (Wildman–Crippen LogP) is 2.43. The van der Waals surface area contributed by atoms with Crippen molar-refractivity contribution in [3.63, 3.8) is 0 Å². The van der Waals surface area contributed by atoms with Crippen molar-refractivity contribution in [3.05, 3.63) is 66.0 Å². The number of aromatic nitrogens is 4. The van der Waals surface area contributed by atoms with Gasteiger partial charge in [0.15, 0.2) is 5.96 Å². The van der Waals surface area contributed by atoms with E-state index in [1.54, 1.807) is 16.8 Å². The zero-order valence-electron chi connectivity index (χ0n) is 17.5. The van der Waals surface area contributed by atoms with E-state index in [4.69, 9.17) is 0 Å². The van der Waals surface area contributed by atoms with Crippen LogP contribution in [0.3, 0.4) is 0 Å². The number of nitrogens with zero attached hydrogens (tertiary/aromatic N) is 6. The summed E-state index contributed by atoms with van der Waals surface area (Å²) in [6.07, 6.45) is 8.97. The molecule has 0 amide bonds. The van der Waals surface area contributed by atoms with Gasteiger partial charge in [-0.15, -0.1) is 0 Å². The maximum Gasteiger partial charge on any atom is 0.193 e. The Balaban J connectivity index is 1.25. The summed E-state index contributed by atoms with van der Waals surface area (Å²) in [5.41, 5.74) is 3.13. The van der Waals surface area contributed by atoms with E-state index in [2.05, 4.69) is 31.6 Å². The van der Waals surface area contributed by atoms with Crippen LogP contribution < -0.4 is 5.32 Å². The fourth-order valence-electron chi connectivity index (χ4n) is 3.97. The van der Waals surface area contributed by atoms with Gasteiger partial charge in [0.25, 0.3) is 0 Å². The van der Waals surface area contributed by atoms with Crippen molar-refractivity contribution in [2.45, 2.75) is 19.3 Å². The third-order valence-electron chi connectivity index (χ3n) is 5.48. The molecule has 1 unspecified atom stereocenters. The van der Waals surface area contributed by atoms with E-state index in [0.29, 0.717) is 5.92 Å². The van der Waals surface area contributed by atoms with Gasteiger partial charge in [-0.1, -0.05) is 0 Å². The van der Waals surface area contributed by atoms with Gasteiger partial charge in [0.1, 0.15) is 5.82 Å². The van der Waals surface area contributed by atoms with Gasteiger partial charge in [0, 0.05) is 52.5 Å². The average molecular weight is 410 g/mol. The topological polar surface area (TPSA) is 63.3 Å². The molecule has 1 aliphatic heterocycles. The van der Waals surface area contributed by atoms with E-state index in [9.17, 15) is 4.39 Å². The molecule has 0 saturated carbocycles. The van der Waals surface area contributed by atoms with Crippen molar-refractivity contribution in [2.75, 3.05) is 26.7 Å². The molecule has 4 rings (SSSR count). The number of aryl methyl sites for hydroxylation is 1. The molecule has 1 fully saturated rings. The molecule has 1 aliphatic rings. The molecule has 2 aromatic heterocycles. The molecule has 0 aliphatic carbocycles. The summed E-state index contributed by atoms with van der Waals surface area (Å²) in [6.45, 7) is 2.79. The highest BCUT2D eigenvalue weighted by atomic mass is 19.1. The molecule has 0 bridgehead atoms. The SMILES string of the molecule is CN=C(NCCc1ccn(-c2ccc(F)cc2)n1)N1CCC(Cc2cnn(C)c2)C1. The number of aliphatic imine (C=N–C) groups is 1. The lowest BCUT2D eigenvalue weighted by Gasteiger charge is -2.21. The largest absolute Gasteiger partial charge is 0.356 e. The summed E-state index contributed by atoms with van der Waals surface area (Å²) < 4.78 is 16.7. The van der Waals surface area contributed by atoms with Crippen molar-refractivity contribution >= 4 is 5.96 Å². The number of hydrogen-bond donors (Lipinski definition) is 1. The highest BCUT2D eigenvalue weighted by Gasteiger charge is 2.25. The van der Waals surface area contributed by atoms with E-state index in [1.807, 2.05) is 37.2 Å². The second-order valence-corrected chi connectivity index (χ2v) is 7.78. The molecule has 1 atom stereocenters. The van der Waals surface area contributed by atoms with Gasteiger partial charge in [-0.2, -0.15) is 10.2 Å². The van der Waals surface area contributed by atoms with E-state index >= 15 is 0 Å². The van der Waals surface area contributed by atoms with Crippen LogP contribution in [0, 0.1) is 11.7 Å². The number of likely N-dealkylation sites (tertiary alicyclic amines) is 1. The lowest BCUT2D eigenvalue weighted by molar-refractivity contribution is 0.460. The molecule has 1 saturated heterocycles. The lowest BCUT2D eigenvalue weighted by atomic mass is 10.0. The summed E-state index contributed by atoms with van der Waals surface area (Å²) in [4.78, 5) is 6.79. The van der Waals surface area contributed by atoms with Crippen LogP contribution in [-0.2, 0) is 19.9 Å². The Kier molecular flexibility index (Phi) is 6.11. The first kappa shape index (κ1) is 20.1. The summed E-state index contributed by atoms with van der Waals surface area (Å²) in [6, 6.07) is 8.33. The Bertz CT molecular complexity index is 989. The molecule has 1 N–H and O–H groups in total. The normalized spacial score (nSPS) is 17.0. The minimum Gasteiger partial charge on any atom is -0.356 e. The molecule has 0 spiro atoms. The van der Waals surface area contributed by atoms with Crippen LogP contribution in [0.4, 0.5) is 4.39 Å². The number of rotatable bonds is 6. The van der Waals surface area contributed by atoms with E-state index in [1.165, 1.54) is 17.7 Å². The molecule has 7 nitrogen and oxygen atoms in total. The second-order valence-electron chi connectivity index (χ2n) is 7.78. The van der Waals surface area contributed by atoms with Gasteiger partial charge in [-0.3, -0.25) is 9.67 Å². The Morgan fingerprint density at radius 3 is 2.83 bits per heavy atom. The molecule has 1 aromatic carbocycles. The standard InChI is InChI=1S/C22H28FN7/c1-24-22(29-11-8-17(16-29)13-18-14-26-28(2)15-18)25-10-7-20-9-12-30(27-20)21-5-3-19(23)4-6-21/h3-6,9,12,14-15,17H,7-8,10-11,13,16H2,1-2H3,(H,24,25). The summed E-state index contributed by atoms with van der Waals surface area (Å²) >= 11 is 0. The molecule has 30 heavy (non-hydrogen) atoms. The average Bonchev–Trinajstić information content (AvgIpc) is 3.48. The molecular formula is C22H28FN7. The minimum absolute atomic E-state index is 0.244. The van der Waals surface area contributed by atoms with Crippen molar-refractivity contribution in [1.82, 2.24) is 29.8 Å². The quantitative estimate of drug-likeness (QED) is 0.502. The van der Waals surface area contributed by atoms with Crippen molar-refractivity contribution in [3.8, 4) is 5.69 Å². The third-order valence-corrected chi connectivity index (χ3v) is 5.48. The third kappa shape index (κ3) is 4.87. The molecule has 158 valence electrons. The molecule has 3 heterocycles. The maximum absolute atomic E-state index is 13.1. The smallest absolute Gasteiger partial charge is 0.193 e. The van der Waals surface area contributed by atoms with Crippen LogP contribution in [0.2, 0.25) is 0 Å². The molecule has 8 heteroatoms.